The Balaban J connectivity index is 1.82. The number of guanidine groups is 1. The van der Waals surface area contributed by atoms with Gasteiger partial charge in [-0.25, -0.2) is 24.2 Å². The maximum absolute atomic E-state index is 13.9. The highest BCUT2D eigenvalue weighted by Gasteiger charge is 2.35. The summed E-state index contributed by atoms with van der Waals surface area (Å²) in [6, 6.07) is 2.76. The minimum Gasteiger partial charge on any atom is -0.444 e. The number of amides is 1. The third-order valence-corrected chi connectivity index (χ3v) is 5.21. The Morgan fingerprint density at radius 2 is 1.94 bits per heavy atom. The number of aliphatic imine (C=N–C) groups is 1. The number of ether oxygens (including phenoxy) is 1. The molecule has 34 heavy (non-hydrogen) atoms. The smallest absolute Gasteiger partial charge is 0.419 e. The summed E-state index contributed by atoms with van der Waals surface area (Å²) in [5.41, 5.74) is 0.647. The molecule has 7 nitrogen and oxygen atoms in total. The van der Waals surface area contributed by atoms with Crippen LogP contribution in [0.4, 0.5) is 22.4 Å². The lowest BCUT2D eigenvalue weighted by atomic mass is 10.0. The number of carbonyl (C=O) groups is 1. The fourth-order valence-corrected chi connectivity index (χ4v) is 3.68. The van der Waals surface area contributed by atoms with Gasteiger partial charge in [-0.05, 0) is 38.5 Å². The number of benzene rings is 1. The molecule has 2 aliphatic heterocycles. The van der Waals surface area contributed by atoms with Crippen LogP contribution in [0, 0.1) is 5.82 Å². The van der Waals surface area contributed by atoms with Gasteiger partial charge in [-0.1, -0.05) is 12.6 Å². The molecule has 186 valence electrons. The van der Waals surface area contributed by atoms with E-state index in [4.69, 9.17) is 4.74 Å². The standard InChI is InChI=1S/C23H29F4N5O2/c1-14-16-13-31(21(33)34-22(2,3)4)10-9-19(16)29-20(32(14)30(5)6)28-12-15-7-8-17(18(24)11-15)23(25,26)27/h7-8,11H,1,9-10,12-13H2,2-6H3,(H,28,29). The molecule has 1 aromatic carbocycles. The Bertz CT molecular complexity index is 1040. The first-order valence-electron chi connectivity index (χ1n) is 10.7. The third kappa shape index (κ3) is 5.69. The van der Waals surface area contributed by atoms with Gasteiger partial charge in [0.25, 0.3) is 0 Å². The van der Waals surface area contributed by atoms with Gasteiger partial charge in [-0.3, -0.25) is 0 Å². The van der Waals surface area contributed by atoms with E-state index in [1.165, 1.54) is 6.07 Å². The van der Waals surface area contributed by atoms with Gasteiger partial charge in [0.1, 0.15) is 11.4 Å². The molecule has 0 unspecified atom stereocenters. The van der Waals surface area contributed by atoms with Crippen LogP contribution in [0.1, 0.15) is 38.3 Å². The average molecular weight is 484 g/mol. The Labute approximate surface area is 196 Å². The number of carbonyl (C=O) groups excluding carboxylic acids is 1. The zero-order valence-electron chi connectivity index (χ0n) is 19.9. The van der Waals surface area contributed by atoms with Crippen LogP contribution in [-0.4, -0.2) is 59.8 Å². The fraction of sp³-hybridized carbons (Fsp3) is 0.478. The molecule has 2 aliphatic rings. The number of rotatable bonds is 3. The molecule has 1 aromatic rings. The molecule has 3 rings (SSSR count). The first-order valence-corrected chi connectivity index (χ1v) is 10.7. The van der Waals surface area contributed by atoms with Crippen molar-refractivity contribution in [1.29, 1.82) is 0 Å². The summed E-state index contributed by atoms with van der Waals surface area (Å²) in [7, 11) is 3.56. The van der Waals surface area contributed by atoms with Crippen LogP contribution in [0.25, 0.3) is 0 Å². The molecule has 0 spiro atoms. The molecule has 0 radical (unpaired) electrons. The van der Waals surface area contributed by atoms with Crippen LogP contribution in [0.15, 0.2) is 46.7 Å². The van der Waals surface area contributed by atoms with Crippen molar-refractivity contribution in [2.75, 3.05) is 27.2 Å². The Kier molecular flexibility index (Phi) is 6.97. The van der Waals surface area contributed by atoms with Gasteiger partial charge < -0.3 is 15.0 Å². The molecule has 0 atom stereocenters. The largest absolute Gasteiger partial charge is 0.444 e. The van der Waals surface area contributed by atoms with E-state index in [1.54, 1.807) is 49.8 Å². The first-order chi connectivity index (χ1) is 15.7. The monoisotopic (exact) mass is 483 g/mol. The van der Waals surface area contributed by atoms with E-state index < -0.39 is 29.3 Å². The van der Waals surface area contributed by atoms with E-state index in [1.807, 2.05) is 0 Å². The summed E-state index contributed by atoms with van der Waals surface area (Å²) in [6.07, 6.45) is -4.65. The van der Waals surface area contributed by atoms with Crippen molar-refractivity contribution in [3.63, 3.8) is 0 Å². The second-order valence-electron chi connectivity index (χ2n) is 9.29. The molecule has 11 heteroatoms. The molecule has 0 saturated carbocycles. The molecule has 2 heterocycles. The maximum Gasteiger partial charge on any atom is 0.419 e. The molecule has 1 amide bonds. The van der Waals surface area contributed by atoms with E-state index >= 15 is 0 Å². The van der Waals surface area contributed by atoms with Gasteiger partial charge in [0, 0.05) is 38.3 Å². The third-order valence-electron chi connectivity index (χ3n) is 5.21. The summed E-state index contributed by atoms with van der Waals surface area (Å²) in [6.45, 7) is 10.3. The lowest BCUT2D eigenvalue weighted by molar-refractivity contribution is -0.140. The van der Waals surface area contributed by atoms with Crippen LogP contribution in [0.5, 0.6) is 0 Å². The van der Waals surface area contributed by atoms with Crippen LogP contribution in [-0.2, 0) is 17.5 Å². The summed E-state index contributed by atoms with van der Waals surface area (Å²) < 4.78 is 57.9. The predicted octanol–water partition coefficient (Wildman–Crippen LogP) is 4.49. The SMILES string of the molecule is C=C1C2=C(CCN(C(=O)OC(C)(C)C)C2)NC(=NCc2ccc(C(F)(F)F)c(F)c2)N1N(C)C. The molecule has 1 N–H and O–H groups in total. The lowest BCUT2D eigenvalue weighted by Crippen LogP contribution is -2.54. The van der Waals surface area contributed by atoms with Gasteiger partial charge >= 0.3 is 12.3 Å². The number of hydrogen-bond acceptors (Lipinski definition) is 4. The van der Waals surface area contributed by atoms with E-state index in [-0.39, 0.29) is 6.54 Å². The van der Waals surface area contributed by atoms with Crippen molar-refractivity contribution in [2.45, 2.75) is 45.5 Å². The Hall–Kier alpha value is -3.08. The van der Waals surface area contributed by atoms with E-state index in [0.29, 0.717) is 36.7 Å². The van der Waals surface area contributed by atoms with Crippen molar-refractivity contribution in [3.05, 3.63) is 58.7 Å². The minimum atomic E-state index is -4.75. The topological polar surface area (TPSA) is 60.4 Å². The normalized spacial score (nSPS) is 18.4. The van der Waals surface area contributed by atoms with Crippen LogP contribution >= 0.6 is 0 Å². The maximum atomic E-state index is 13.9. The molecule has 0 fully saturated rings. The second kappa shape index (κ2) is 9.28. The predicted molar refractivity (Wildman–Crippen MR) is 120 cm³/mol. The summed E-state index contributed by atoms with van der Waals surface area (Å²) in [4.78, 5) is 18.6. The number of hydrazine groups is 1. The van der Waals surface area contributed by atoms with E-state index in [2.05, 4.69) is 16.9 Å². The number of alkyl halides is 3. The number of nitrogens with one attached hydrogen (secondary N) is 1. The van der Waals surface area contributed by atoms with Crippen molar-refractivity contribution < 1.29 is 27.1 Å². The minimum absolute atomic E-state index is 0.0400. The summed E-state index contributed by atoms with van der Waals surface area (Å²) >= 11 is 0. The van der Waals surface area contributed by atoms with Crippen molar-refractivity contribution in [2.24, 2.45) is 4.99 Å². The van der Waals surface area contributed by atoms with Crippen LogP contribution in [0.3, 0.4) is 0 Å². The molecular weight excluding hydrogens is 454 g/mol. The fourth-order valence-electron chi connectivity index (χ4n) is 3.68. The molecule has 0 saturated heterocycles. The van der Waals surface area contributed by atoms with Crippen molar-refractivity contribution in [1.82, 2.24) is 20.2 Å². The van der Waals surface area contributed by atoms with Crippen molar-refractivity contribution >= 4 is 12.1 Å². The highest BCUT2D eigenvalue weighted by Crippen LogP contribution is 2.32. The Morgan fingerprint density at radius 3 is 2.50 bits per heavy atom. The number of nitrogens with zero attached hydrogens (tertiary/aromatic N) is 4. The molecule has 0 aliphatic carbocycles. The zero-order valence-corrected chi connectivity index (χ0v) is 19.9. The lowest BCUT2D eigenvalue weighted by Gasteiger charge is -2.43. The number of halogens is 4. The number of hydrogen-bond donors (Lipinski definition) is 1. The van der Waals surface area contributed by atoms with Gasteiger partial charge in [-0.2, -0.15) is 13.2 Å². The Morgan fingerprint density at radius 1 is 1.26 bits per heavy atom. The second-order valence-corrected chi connectivity index (χ2v) is 9.29. The zero-order chi connectivity index (χ0) is 25.4. The first kappa shape index (κ1) is 25.5. The van der Waals surface area contributed by atoms with E-state index in [9.17, 15) is 22.4 Å². The quantitative estimate of drug-likeness (QED) is 0.642. The highest BCUT2D eigenvalue weighted by atomic mass is 19.4. The van der Waals surface area contributed by atoms with Crippen LogP contribution < -0.4 is 5.32 Å². The van der Waals surface area contributed by atoms with Gasteiger partial charge in [0.2, 0.25) is 5.96 Å². The summed E-state index contributed by atoms with van der Waals surface area (Å²) in [5, 5.41) is 6.67. The molecular formula is C23H29F4N5O2. The van der Waals surface area contributed by atoms with Gasteiger partial charge in [0.05, 0.1) is 24.4 Å². The average Bonchev–Trinajstić information content (AvgIpc) is 2.69. The highest BCUT2D eigenvalue weighted by molar-refractivity contribution is 5.86. The molecule has 0 aromatic heterocycles. The van der Waals surface area contributed by atoms with Crippen LogP contribution in [0.2, 0.25) is 0 Å². The van der Waals surface area contributed by atoms with Crippen molar-refractivity contribution in [3.8, 4) is 0 Å². The summed E-state index contributed by atoms with van der Waals surface area (Å²) in [5.74, 6) is -0.935. The molecule has 0 bridgehead atoms. The van der Waals surface area contributed by atoms with Gasteiger partial charge in [-0.15, -0.1) is 0 Å². The van der Waals surface area contributed by atoms with Gasteiger partial charge in [0.15, 0.2) is 0 Å². The van der Waals surface area contributed by atoms with E-state index in [0.717, 1.165) is 23.4 Å².